The van der Waals surface area contributed by atoms with Gasteiger partial charge in [0.2, 0.25) is 0 Å². The second-order valence-corrected chi connectivity index (χ2v) is 6.66. The van der Waals surface area contributed by atoms with Crippen molar-refractivity contribution in [3.05, 3.63) is 52.7 Å². The van der Waals surface area contributed by atoms with Crippen LogP contribution in [0, 0.1) is 0 Å². The minimum atomic E-state index is -0.538. The summed E-state index contributed by atoms with van der Waals surface area (Å²) in [7, 11) is 0. The van der Waals surface area contributed by atoms with Crippen molar-refractivity contribution < 1.29 is 14.6 Å². The second-order valence-electron chi connectivity index (χ2n) is 5.88. The van der Waals surface area contributed by atoms with Crippen LogP contribution in [0.3, 0.4) is 0 Å². The Morgan fingerprint density at radius 3 is 2.58 bits per heavy atom. The number of β-amino-alcohol motifs (C(OH)–C–C–N with tert-alkyl or cyclic N) is 1. The van der Waals surface area contributed by atoms with E-state index in [1.54, 1.807) is 0 Å². The van der Waals surface area contributed by atoms with Gasteiger partial charge in [0.05, 0.1) is 5.56 Å². The SMILES string of the molecule is O=C(c1ccsc1)N1CCN(CC(O)COc2ccccc2)CC1. The summed E-state index contributed by atoms with van der Waals surface area (Å²) in [5.74, 6) is 0.867. The van der Waals surface area contributed by atoms with E-state index in [0.717, 1.165) is 24.4 Å². The van der Waals surface area contributed by atoms with Gasteiger partial charge in [-0.1, -0.05) is 18.2 Å². The number of piperazine rings is 1. The molecule has 0 bridgehead atoms. The zero-order valence-corrected chi connectivity index (χ0v) is 14.3. The number of amides is 1. The first kappa shape index (κ1) is 17.0. The highest BCUT2D eigenvalue weighted by molar-refractivity contribution is 7.08. The molecule has 1 atom stereocenters. The molecule has 2 aromatic rings. The van der Waals surface area contributed by atoms with Gasteiger partial charge in [-0.3, -0.25) is 9.69 Å². The molecule has 0 radical (unpaired) electrons. The average Bonchev–Trinajstić information content (AvgIpc) is 3.16. The predicted molar refractivity (Wildman–Crippen MR) is 94.6 cm³/mol. The van der Waals surface area contributed by atoms with Crippen LogP contribution in [0.4, 0.5) is 0 Å². The number of carbonyl (C=O) groups excluding carboxylic acids is 1. The fraction of sp³-hybridized carbons (Fsp3) is 0.389. The Balaban J connectivity index is 1.39. The molecule has 6 heteroatoms. The number of nitrogens with zero attached hydrogens (tertiary/aromatic N) is 2. The molecule has 0 spiro atoms. The van der Waals surface area contributed by atoms with Gasteiger partial charge in [0.25, 0.3) is 5.91 Å². The van der Waals surface area contributed by atoms with Gasteiger partial charge >= 0.3 is 0 Å². The van der Waals surface area contributed by atoms with E-state index in [-0.39, 0.29) is 12.5 Å². The summed E-state index contributed by atoms with van der Waals surface area (Å²) >= 11 is 1.54. The van der Waals surface area contributed by atoms with Crippen molar-refractivity contribution in [3.63, 3.8) is 0 Å². The molecule has 1 fully saturated rings. The fourth-order valence-electron chi connectivity index (χ4n) is 2.76. The first-order valence-electron chi connectivity index (χ1n) is 8.12. The maximum absolute atomic E-state index is 12.3. The molecule has 1 unspecified atom stereocenters. The number of para-hydroxylation sites is 1. The number of ether oxygens (including phenoxy) is 1. The van der Waals surface area contributed by atoms with Gasteiger partial charge < -0.3 is 14.7 Å². The Kier molecular flexibility index (Phi) is 5.85. The normalized spacial score (nSPS) is 16.8. The highest BCUT2D eigenvalue weighted by Crippen LogP contribution is 2.13. The summed E-state index contributed by atoms with van der Waals surface area (Å²) in [5.41, 5.74) is 0.768. The Hall–Kier alpha value is -1.89. The van der Waals surface area contributed by atoms with Crippen molar-refractivity contribution in [1.82, 2.24) is 9.80 Å². The van der Waals surface area contributed by atoms with E-state index in [9.17, 15) is 9.90 Å². The molecule has 0 saturated carbocycles. The van der Waals surface area contributed by atoms with E-state index in [1.807, 2.05) is 52.1 Å². The number of thiophene rings is 1. The standard InChI is InChI=1S/C18H22N2O3S/c21-16(13-23-17-4-2-1-3-5-17)12-19-7-9-20(10-8-19)18(22)15-6-11-24-14-15/h1-6,11,14,16,21H,7-10,12-13H2. The Morgan fingerprint density at radius 2 is 1.92 bits per heavy atom. The van der Waals surface area contributed by atoms with Crippen molar-refractivity contribution in [2.24, 2.45) is 0 Å². The molecule has 24 heavy (non-hydrogen) atoms. The van der Waals surface area contributed by atoms with Gasteiger partial charge in [-0.05, 0) is 23.6 Å². The predicted octanol–water partition coefficient (Wildman–Crippen LogP) is 1.95. The lowest BCUT2D eigenvalue weighted by Crippen LogP contribution is -2.50. The summed E-state index contributed by atoms with van der Waals surface area (Å²) < 4.78 is 5.58. The lowest BCUT2D eigenvalue weighted by atomic mass is 10.2. The van der Waals surface area contributed by atoms with Crippen LogP contribution in [-0.4, -0.2) is 66.2 Å². The van der Waals surface area contributed by atoms with Crippen LogP contribution in [0.2, 0.25) is 0 Å². The number of hydrogen-bond donors (Lipinski definition) is 1. The molecular formula is C18H22N2O3S. The second kappa shape index (κ2) is 8.28. The van der Waals surface area contributed by atoms with Crippen molar-refractivity contribution in [2.45, 2.75) is 6.10 Å². The third kappa shape index (κ3) is 4.56. The Morgan fingerprint density at radius 1 is 1.17 bits per heavy atom. The molecule has 1 aromatic carbocycles. The van der Waals surface area contributed by atoms with E-state index < -0.39 is 6.10 Å². The zero-order valence-electron chi connectivity index (χ0n) is 13.5. The first-order chi connectivity index (χ1) is 11.7. The van der Waals surface area contributed by atoms with Crippen molar-refractivity contribution >= 4 is 17.2 Å². The first-order valence-corrected chi connectivity index (χ1v) is 9.06. The summed E-state index contributed by atoms with van der Waals surface area (Å²) in [6.45, 7) is 3.78. The Bertz CT molecular complexity index is 625. The van der Waals surface area contributed by atoms with Gasteiger partial charge in [-0.2, -0.15) is 11.3 Å². The van der Waals surface area contributed by atoms with E-state index >= 15 is 0 Å². The number of carbonyl (C=O) groups is 1. The van der Waals surface area contributed by atoms with E-state index in [2.05, 4.69) is 4.90 Å². The summed E-state index contributed by atoms with van der Waals surface area (Å²) in [5, 5.41) is 14.0. The monoisotopic (exact) mass is 346 g/mol. The maximum Gasteiger partial charge on any atom is 0.254 e. The lowest BCUT2D eigenvalue weighted by Gasteiger charge is -2.35. The number of aliphatic hydroxyl groups excluding tert-OH is 1. The molecule has 1 aromatic heterocycles. The molecule has 0 aliphatic carbocycles. The van der Waals surface area contributed by atoms with E-state index in [0.29, 0.717) is 19.6 Å². The van der Waals surface area contributed by atoms with Crippen molar-refractivity contribution in [3.8, 4) is 5.75 Å². The molecule has 5 nitrogen and oxygen atoms in total. The van der Waals surface area contributed by atoms with Gasteiger partial charge in [0, 0.05) is 38.1 Å². The smallest absolute Gasteiger partial charge is 0.254 e. The average molecular weight is 346 g/mol. The van der Waals surface area contributed by atoms with Crippen LogP contribution in [0.5, 0.6) is 5.75 Å². The quantitative estimate of drug-likeness (QED) is 0.869. The van der Waals surface area contributed by atoms with Crippen LogP contribution < -0.4 is 4.74 Å². The van der Waals surface area contributed by atoms with Crippen LogP contribution in [0.25, 0.3) is 0 Å². The minimum absolute atomic E-state index is 0.101. The van der Waals surface area contributed by atoms with Gasteiger partial charge in [-0.25, -0.2) is 0 Å². The highest BCUT2D eigenvalue weighted by atomic mass is 32.1. The number of hydrogen-bond acceptors (Lipinski definition) is 5. The van der Waals surface area contributed by atoms with Crippen molar-refractivity contribution in [2.75, 3.05) is 39.3 Å². The number of aliphatic hydroxyl groups is 1. The van der Waals surface area contributed by atoms with E-state index in [4.69, 9.17) is 4.74 Å². The van der Waals surface area contributed by atoms with Crippen molar-refractivity contribution in [1.29, 1.82) is 0 Å². The molecule has 1 saturated heterocycles. The van der Waals surface area contributed by atoms with Crippen LogP contribution >= 0.6 is 11.3 Å². The highest BCUT2D eigenvalue weighted by Gasteiger charge is 2.23. The molecule has 1 N–H and O–H groups in total. The molecule has 3 rings (SSSR count). The Labute approximate surface area is 146 Å². The van der Waals surface area contributed by atoms with Gasteiger partial charge in [0.1, 0.15) is 18.5 Å². The van der Waals surface area contributed by atoms with Gasteiger partial charge in [0.15, 0.2) is 0 Å². The van der Waals surface area contributed by atoms with Crippen LogP contribution in [0.1, 0.15) is 10.4 Å². The van der Waals surface area contributed by atoms with Crippen LogP contribution in [-0.2, 0) is 0 Å². The largest absolute Gasteiger partial charge is 0.491 e. The third-order valence-corrected chi connectivity index (χ3v) is 4.77. The van der Waals surface area contributed by atoms with E-state index in [1.165, 1.54) is 11.3 Å². The van der Waals surface area contributed by atoms with Gasteiger partial charge in [-0.15, -0.1) is 0 Å². The number of rotatable bonds is 6. The minimum Gasteiger partial charge on any atom is -0.491 e. The topological polar surface area (TPSA) is 53.0 Å². The molecule has 1 aliphatic heterocycles. The third-order valence-electron chi connectivity index (χ3n) is 4.08. The zero-order chi connectivity index (χ0) is 16.8. The summed E-state index contributed by atoms with van der Waals surface area (Å²) in [4.78, 5) is 16.4. The lowest BCUT2D eigenvalue weighted by molar-refractivity contribution is 0.0404. The summed E-state index contributed by atoms with van der Waals surface area (Å²) in [6.07, 6.45) is -0.538. The molecular weight excluding hydrogens is 324 g/mol. The molecule has 1 aliphatic rings. The van der Waals surface area contributed by atoms with Crippen LogP contribution in [0.15, 0.2) is 47.2 Å². The molecule has 2 heterocycles. The summed E-state index contributed by atoms with van der Waals surface area (Å²) in [6, 6.07) is 11.4. The number of benzene rings is 1. The maximum atomic E-state index is 12.3. The fourth-order valence-corrected chi connectivity index (χ4v) is 3.39. The molecule has 1 amide bonds. The molecule has 128 valence electrons.